The number of nitrogens with one attached hydrogen (secondary N) is 2. The Hall–Kier alpha value is -2.07. The number of H-pyrrole nitrogens is 2. The smallest absolute Gasteiger partial charge is 0.108 e. The third-order valence-electron chi connectivity index (χ3n) is 2.86. The first-order valence-corrected chi connectivity index (χ1v) is 5.59. The second-order valence-corrected chi connectivity index (χ2v) is 3.97. The average Bonchev–Trinajstić information content (AvgIpc) is 2.95. The molecule has 0 saturated heterocycles. The van der Waals surface area contributed by atoms with Crippen molar-refractivity contribution in [1.82, 2.24) is 15.0 Å². The first-order chi connectivity index (χ1) is 8.38. The Morgan fingerprint density at radius 1 is 1.24 bits per heavy atom. The number of imidazole rings is 1. The monoisotopic (exact) mass is 227 g/mol. The number of aromatic amines is 2. The van der Waals surface area contributed by atoms with Crippen LogP contribution in [0.5, 0.6) is 0 Å². The van der Waals surface area contributed by atoms with Crippen LogP contribution in [-0.2, 0) is 6.42 Å². The lowest BCUT2D eigenvalue weighted by molar-refractivity contribution is 0.297. The van der Waals surface area contributed by atoms with E-state index in [1.807, 2.05) is 24.4 Å². The summed E-state index contributed by atoms with van der Waals surface area (Å²) in [6, 6.07) is 8.15. The van der Waals surface area contributed by atoms with Gasteiger partial charge in [-0.25, -0.2) is 4.98 Å². The van der Waals surface area contributed by atoms with Crippen molar-refractivity contribution in [3.05, 3.63) is 42.5 Å². The van der Waals surface area contributed by atoms with E-state index in [1.165, 1.54) is 5.39 Å². The fourth-order valence-corrected chi connectivity index (χ4v) is 2.03. The highest BCUT2D eigenvalue weighted by atomic mass is 16.3. The molecule has 4 heteroatoms. The van der Waals surface area contributed by atoms with E-state index in [4.69, 9.17) is 5.11 Å². The van der Waals surface area contributed by atoms with Crippen molar-refractivity contribution in [2.75, 3.05) is 6.61 Å². The molecule has 0 saturated carbocycles. The lowest BCUT2D eigenvalue weighted by Crippen LogP contribution is -1.92. The normalized spacial score (nSPS) is 11.1. The second-order valence-electron chi connectivity index (χ2n) is 3.97. The van der Waals surface area contributed by atoms with Crippen molar-refractivity contribution in [2.24, 2.45) is 0 Å². The van der Waals surface area contributed by atoms with Gasteiger partial charge in [0, 0.05) is 29.1 Å². The zero-order valence-corrected chi connectivity index (χ0v) is 9.27. The minimum absolute atomic E-state index is 0.112. The highest BCUT2D eigenvalue weighted by Crippen LogP contribution is 2.26. The van der Waals surface area contributed by atoms with Crippen molar-refractivity contribution < 1.29 is 5.11 Å². The molecular weight excluding hydrogens is 214 g/mol. The zero-order chi connectivity index (χ0) is 11.7. The number of aromatic nitrogens is 3. The van der Waals surface area contributed by atoms with Gasteiger partial charge in [-0.1, -0.05) is 18.2 Å². The van der Waals surface area contributed by atoms with Gasteiger partial charge in [-0.3, -0.25) is 0 Å². The van der Waals surface area contributed by atoms with Crippen molar-refractivity contribution in [3.63, 3.8) is 0 Å². The number of hydrogen-bond donors (Lipinski definition) is 3. The van der Waals surface area contributed by atoms with Crippen molar-refractivity contribution >= 4 is 10.9 Å². The van der Waals surface area contributed by atoms with Crippen LogP contribution in [0.4, 0.5) is 0 Å². The molecule has 3 aromatic rings. The first kappa shape index (κ1) is 10.1. The Labute approximate surface area is 98.3 Å². The second kappa shape index (κ2) is 4.07. The lowest BCUT2D eigenvalue weighted by Gasteiger charge is -1.95. The molecule has 0 bridgehead atoms. The highest BCUT2D eigenvalue weighted by Gasteiger charge is 2.08. The Morgan fingerprint density at radius 3 is 3.00 bits per heavy atom. The molecule has 2 aromatic heterocycles. The summed E-state index contributed by atoms with van der Waals surface area (Å²) in [6.45, 7) is 0.112. The number of aliphatic hydroxyl groups excluding tert-OH is 1. The van der Waals surface area contributed by atoms with Gasteiger partial charge in [0.05, 0.1) is 18.5 Å². The van der Waals surface area contributed by atoms with E-state index < -0.39 is 0 Å². The molecular formula is C13H13N3O. The third kappa shape index (κ3) is 1.72. The van der Waals surface area contributed by atoms with Gasteiger partial charge in [0.25, 0.3) is 0 Å². The van der Waals surface area contributed by atoms with E-state index in [0.717, 1.165) is 22.6 Å². The van der Waals surface area contributed by atoms with Crippen LogP contribution < -0.4 is 0 Å². The van der Waals surface area contributed by atoms with Gasteiger partial charge in [-0.2, -0.15) is 0 Å². The van der Waals surface area contributed by atoms with Crippen LogP contribution in [0.2, 0.25) is 0 Å². The maximum atomic E-state index is 8.87. The molecule has 0 unspecified atom stereocenters. The van der Waals surface area contributed by atoms with Crippen LogP contribution in [0.25, 0.3) is 22.2 Å². The van der Waals surface area contributed by atoms with Gasteiger partial charge in [0.1, 0.15) is 5.82 Å². The fourth-order valence-electron chi connectivity index (χ4n) is 2.03. The van der Waals surface area contributed by atoms with E-state index in [1.54, 1.807) is 6.20 Å². The van der Waals surface area contributed by atoms with Crippen molar-refractivity contribution in [3.8, 4) is 11.3 Å². The van der Waals surface area contributed by atoms with Gasteiger partial charge >= 0.3 is 0 Å². The van der Waals surface area contributed by atoms with Crippen LogP contribution in [0.1, 0.15) is 5.82 Å². The number of hydrogen-bond acceptors (Lipinski definition) is 2. The van der Waals surface area contributed by atoms with Crippen LogP contribution in [-0.4, -0.2) is 26.7 Å². The predicted octanol–water partition coefficient (Wildman–Crippen LogP) is 2.09. The molecule has 0 radical (unpaired) electrons. The molecule has 3 N–H and O–H groups in total. The largest absolute Gasteiger partial charge is 0.396 e. The summed E-state index contributed by atoms with van der Waals surface area (Å²) < 4.78 is 0. The maximum Gasteiger partial charge on any atom is 0.108 e. The van der Waals surface area contributed by atoms with Crippen LogP contribution in [0.3, 0.4) is 0 Å². The minimum atomic E-state index is 0.112. The molecule has 17 heavy (non-hydrogen) atoms. The molecule has 4 nitrogen and oxygen atoms in total. The summed E-state index contributed by atoms with van der Waals surface area (Å²) in [7, 11) is 0. The van der Waals surface area contributed by atoms with E-state index in [0.29, 0.717) is 6.42 Å². The highest BCUT2D eigenvalue weighted by molar-refractivity contribution is 5.94. The molecule has 86 valence electrons. The quantitative estimate of drug-likeness (QED) is 0.641. The number of aliphatic hydroxyl groups is 1. The molecule has 0 amide bonds. The fraction of sp³-hybridized carbons (Fsp3) is 0.154. The van der Waals surface area contributed by atoms with Gasteiger partial charge < -0.3 is 15.1 Å². The third-order valence-corrected chi connectivity index (χ3v) is 2.86. The summed E-state index contributed by atoms with van der Waals surface area (Å²) in [5.41, 5.74) is 3.20. The zero-order valence-electron chi connectivity index (χ0n) is 9.27. The molecule has 1 aromatic carbocycles. The first-order valence-electron chi connectivity index (χ1n) is 5.59. The van der Waals surface area contributed by atoms with Crippen molar-refractivity contribution in [1.29, 1.82) is 0 Å². The molecule has 0 spiro atoms. The number of rotatable bonds is 3. The Bertz CT molecular complexity index is 639. The summed E-state index contributed by atoms with van der Waals surface area (Å²) in [5.74, 6) is 0.813. The van der Waals surface area contributed by atoms with Gasteiger partial charge in [0.2, 0.25) is 0 Å². The lowest BCUT2D eigenvalue weighted by atomic mass is 10.1. The predicted molar refractivity (Wildman–Crippen MR) is 66.7 cm³/mol. The molecule has 3 rings (SSSR count). The molecule has 0 atom stereocenters. The molecule has 0 aliphatic rings. The standard InChI is InChI=1S/C13H13N3O/c17-6-5-13-15-8-12(16-13)10-7-14-11-4-2-1-3-9(10)11/h1-4,7-8,14,17H,5-6H2,(H,15,16). The average molecular weight is 227 g/mol. The molecule has 0 aliphatic heterocycles. The summed E-state index contributed by atoms with van der Waals surface area (Å²) in [6.07, 6.45) is 4.34. The minimum Gasteiger partial charge on any atom is -0.396 e. The maximum absolute atomic E-state index is 8.87. The van der Waals surface area contributed by atoms with Gasteiger partial charge in [0.15, 0.2) is 0 Å². The van der Waals surface area contributed by atoms with E-state index in [-0.39, 0.29) is 6.61 Å². The van der Waals surface area contributed by atoms with Crippen molar-refractivity contribution in [2.45, 2.75) is 6.42 Å². The number of nitrogens with zero attached hydrogens (tertiary/aromatic N) is 1. The Balaban J connectivity index is 2.07. The topological polar surface area (TPSA) is 64.7 Å². The summed E-state index contributed by atoms with van der Waals surface area (Å²) >= 11 is 0. The molecule has 0 fully saturated rings. The molecule has 0 aliphatic carbocycles. The number of benzene rings is 1. The SMILES string of the molecule is OCCc1ncc(-c2c[nH]c3ccccc23)[nH]1. The Kier molecular flexibility index (Phi) is 2.42. The van der Waals surface area contributed by atoms with Crippen LogP contribution in [0.15, 0.2) is 36.7 Å². The summed E-state index contributed by atoms with van der Waals surface area (Å²) in [4.78, 5) is 10.7. The Morgan fingerprint density at radius 2 is 2.12 bits per heavy atom. The van der Waals surface area contributed by atoms with Gasteiger partial charge in [-0.15, -0.1) is 0 Å². The summed E-state index contributed by atoms with van der Waals surface area (Å²) in [5, 5.41) is 10.0. The van der Waals surface area contributed by atoms with Crippen LogP contribution >= 0.6 is 0 Å². The number of para-hydroxylation sites is 1. The van der Waals surface area contributed by atoms with E-state index in [2.05, 4.69) is 21.0 Å². The van der Waals surface area contributed by atoms with Crippen LogP contribution in [0, 0.1) is 0 Å². The van der Waals surface area contributed by atoms with E-state index in [9.17, 15) is 0 Å². The number of fused-ring (bicyclic) bond motifs is 1. The van der Waals surface area contributed by atoms with Gasteiger partial charge in [-0.05, 0) is 6.07 Å². The van der Waals surface area contributed by atoms with E-state index >= 15 is 0 Å². The molecule has 2 heterocycles.